The molecule has 1 aromatic heterocycles. The molecule has 0 spiro atoms. The lowest BCUT2D eigenvalue weighted by atomic mass is 10.1. The van der Waals surface area contributed by atoms with Crippen LogP contribution >= 0.6 is 0 Å². The smallest absolute Gasteiger partial charge is 0.177 e. The van der Waals surface area contributed by atoms with Crippen molar-refractivity contribution in [1.29, 1.82) is 10.5 Å². The zero-order valence-electron chi connectivity index (χ0n) is 11.5. The van der Waals surface area contributed by atoms with Crippen molar-refractivity contribution in [2.75, 3.05) is 14.2 Å². The molecule has 0 fully saturated rings. The topological polar surface area (TPSA) is 91.8 Å². The predicted octanol–water partition coefficient (Wildman–Crippen LogP) is 1.81. The Morgan fingerprint density at radius 3 is 2.24 bits per heavy atom. The van der Waals surface area contributed by atoms with Crippen molar-refractivity contribution < 1.29 is 9.47 Å². The highest BCUT2D eigenvalue weighted by Crippen LogP contribution is 2.41. The van der Waals surface area contributed by atoms with Crippen molar-refractivity contribution in [2.24, 2.45) is 0 Å². The molecule has 102 valence electrons. The van der Waals surface area contributed by atoms with Crippen LogP contribution in [0.25, 0.3) is 11.3 Å². The minimum Gasteiger partial charge on any atom is -0.493 e. The summed E-state index contributed by atoms with van der Waals surface area (Å²) in [5.74, 6) is 1.22. The lowest BCUT2D eigenvalue weighted by molar-refractivity contribution is 0.355. The van der Waals surface area contributed by atoms with E-state index in [9.17, 15) is 0 Å². The molecule has 0 atom stereocenters. The van der Waals surface area contributed by atoms with Crippen LogP contribution in [-0.4, -0.2) is 24.2 Å². The molecule has 1 heterocycles. The highest BCUT2D eigenvalue weighted by molar-refractivity contribution is 5.76. The van der Waals surface area contributed by atoms with Crippen LogP contribution in [0.5, 0.6) is 11.5 Å². The van der Waals surface area contributed by atoms with E-state index in [1.165, 1.54) is 0 Å². The van der Waals surface area contributed by atoms with Gasteiger partial charge in [-0.1, -0.05) is 0 Å². The Kier molecular flexibility index (Phi) is 2.93. The molecule has 0 N–H and O–H groups in total. The molecular formula is C15H10N4O2. The number of benzene rings is 1. The Labute approximate surface area is 121 Å². The Morgan fingerprint density at radius 2 is 1.62 bits per heavy atom. The first-order valence-electron chi connectivity index (χ1n) is 6.18. The quantitative estimate of drug-likeness (QED) is 0.709. The van der Waals surface area contributed by atoms with E-state index in [-0.39, 0.29) is 11.4 Å². The standard InChI is InChI=1S/C15H10N4O2/c1-20-13-4-8-3-10-15(9(8)5-14(13)21-2)19-12(7-17)11(6-16)18-10/h4-5H,3H2,1-2H3. The molecule has 6 heteroatoms. The van der Waals surface area contributed by atoms with Gasteiger partial charge in [-0.15, -0.1) is 0 Å². The minimum absolute atomic E-state index is 0.0406. The van der Waals surface area contributed by atoms with E-state index >= 15 is 0 Å². The normalized spacial score (nSPS) is 11.0. The second kappa shape index (κ2) is 4.77. The van der Waals surface area contributed by atoms with Crippen molar-refractivity contribution in [3.05, 3.63) is 34.8 Å². The molecule has 21 heavy (non-hydrogen) atoms. The first kappa shape index (κ1) is 12.9. The molecule has 0 unspecified atom stereocenters. The van der Waals surface area contributed by atoms with Gasteiger partial charge in [0.1, 0.15) is 12.1 Å². The van der Waals surface area contributed by atoms with Gasteiger partial charge in [-0.25, -0.2) is 9.97 Å². The summed E-state index contributed by atoms with van der Waals surface area (Å²) in [6, 6.07) is 7.50. The highest BCUT2D eigenvalue weighted by atomic mass is 16.5. The Hall–Kier alpha value is -3.12. The first-order valence-corrected chi connectivity index (χ1v) is 6.18. The number of nitriles is 2. The fraction of sp³-hybridized carbons (Fsp3) is 0.200. The van der Waals surface area contributed by atoms with E-state index in [1.807, 2.05) is 24.3 Å². The molecule has 0 amide bonds. The van der Waals surface area contributed by atoms with Crippen LogP contribution in [-0.2, 0) is 6.42 Å². The van der Waals surface area contributed by atoms with Gasteiger partial charge in [0, 0.05) is 12.0 Å². The van der Waals surface area contributed by atoms with Crippen molar-refractivity contribution >= 4 is 0 Å². The summed E-state index contributed by atoms with van der Waals surface area (Å²) in [6.07, 6.45) is 0.554. The Morgan fingerprint density at radius 1 is 1.00 bits per heavy atom. The molecule has 1 aliphatic carbocycles. The average Bonchev–Trinajstić information content (AvgIpc) is 2.88. The van der Waals surface area contributed by atoms with Crippen molar-refractivity contribution in [3.63, 3.8) is 0 Å². The molecule has 1 aliphatic rings. The van der Waals surface area contributed by atoms with E-state index in [4.69, 9.17) is 20.0 Å². The van der Waals surface area contributed by atoms with E-state index < -0.39 is 0 Å². The van der Waals surface area contributed by atoms with Crippen LogP contribution < -0.4 is 9.47 Å². The summed E-state index contributed by atoms with van der Waals surface area (Å²) < 4.78 is 10.6. The fourth-order valence-electron chi connectivity index (χ4n) is 2.43. The van der Waals surface area contributed by atoms with Gasteiger partial charge in [0.15, 0.2) is 22.9 Å². The van der Waals surface area contributed by atoms with E-state index in [0.29, 0.717) is 29.3 Å². The van der Waals surface area contributed by atoms with Gasteiger partial charge in [-0.3, -0.25) is 0 Å². The lowest BCUT2D eigenvalue weighted by Gasteiger charge is -2.09. The number of nitrogens with zero attached hydrogens (tertiary/aromatic N) is 4. The third-order valence-corrected chi connectivity index (χ3v) is 3.40. The fourth-order valence-corrected chi connectivity index (χ4v) is 2.43. The van der Waals surface area contributed by atoms with Gasteiger partial charge in [0.05, 0.1) is 25.6 Å². The SMILES string of the molecule is COc1cc2c(cc1OC)-c1nc(C#N)c(C#N)nc1C2. The molecule has 2 aromatic rings. The number of hydrogen-bond acceptors (Lipinski definition) is 6. The summed E-state index contributed by atoms with van der Waals surface area (Å²) in [5.41, 5.74) is 3.26. The molecule has 3 rings (SSSR count). The van der Waals surface area contributed by atoms with Crippen LogP contribution in [0.4, 0.5) is 0 Å². The molecular weight excluding hydrogens is 268 g/mol. The summed E-state index contributed by atoms with van der Waals surface area (Å²) in [5, 5.41) is 18.1. The molecule has 1 aromatic carbocycles. The highest BCUT2D eigenvalue weighted by Gasteiger charge is 2.26. The predicted molar refractivity (Wildman–Crippen MR) is 72.8 cm³/mol. The van der Waals surface area contributed by atoms with Crippen LogP contribution in [0.1, 0.15) is 22.6 Å². The lowest BCUT2D eigenvalue weighted by Crippen LogP contribution is -1.99. The number of aromatic nitrogens is 2. The van der Waals surface area contributed by atoms with E-state index in [0.717, 1.165) is 11.1 Å². The van der Waals surface area contributed by atoms with Gasteiger partial charge in [-0.2, -0.15) is 10.5 Å². The number of rotatable bonds is 2. The Bertz CT molecular complexity index is 831. The summed E-state index contributed by atoms with van der Waals surface area (Å²) >= 11 is 0. The summed E-state index contributed by atoms with van der Waals surface area (Å²) in [7, 11) is 3.13. The third kappa shape index (κ3) is 1.86. The molecule has 6 nitrogen and oxygen atoms in total. The van der Waals surface area contributed by atoms with Crippen molar-refractivity contribution in [1.82, 2.24) is 9.97 Å². The summed E-state index contributed by atoms with van der Waals surface area (Å²) in [6.45, 7) is 0. The maximum absolute atomic E-state index is 9.06. The van der Waals surface area contributed by atoms with Gasteiger partial charge in [0.25, 0.3) is 0 Å². The van der Waals surface area contributed by atoms with Crippen LogP contribution in [0, 0.1) is 22.7 Å². The zero-order chi connectivity index (χ0) is 15.0. The Balaban J connectivity index is 2.23. The van der Waals surface area contributed by atoms with Crippen LogP contribution in [0.3, 0.4) is 0 Å². The average molecular weight is 278 g/mol. The maximum atomic E-state index is 9.06. The first-order chi connectivity index (χ1) is 10.2. The number of ether oxygens (including phenoxy) is 2. The van der Waals surface area contributed by atoms with Crippen molar-refractivity contribution in [3.8, 4) is 34.9 Å². The number of fused-ring (bicyclic) bond motifs is 3. The second-order valence-electron chi connectivity index (χ2n) is 4.48. The molecule has 0 saturated heterocycles. The summed E-state index contributed by atoms with van der Waals surface area (Å²) in [4.78, 5) is 8.51. The second-order valence-corrected chi connectivity index (χ2v) is 4.48. The van der Waals surface area contributed by atoms with Gasteiger partial charge >= 0.3 is 0 Å². The van der Waals surface area contributed by atoms with E-state index in [2.05, 4.69) is 9.97 Å². The maximum Gasteiger partial charge on any atom is 0.177 e. The zero-order valence-corrected chi connectivity index (χ0v) is 11.5. The number of hydrogen-bond donors (Lipinski definition) is 0. The van der Waals surface area contributed by atoms with Gasteiger partial charge in [0.2, 0.25) is 0 Å². The monoisotopic (exact) mass is 278 g/mol. The molecule has 0 radical (unpaired) electrons. The van der Waals surface area contributed by atoms with Gasteiger partial charge < -0.3 is 9.47 Å². The van der Waals surface area contributed by atoms with Crippen LogP contribution in [0.15, 0.2) is 12.1 Å². The molecule has 0 bridgehead atoms. The van der Waals surface area contributed by atoms with Crippen molar-refractivity contribution in [2.45, 2.75) is 6.42 Å². The largest absolute Gasteiger partial charge is 0.493 e. The molecule has 0 saturated carbocycles. The third-order valence-electron chi connectivity index (χ3n) is 3.40. The number of methoxy groups -OCH3 is 2. The van der Waals surface area contributed by atoms with Crippen LogP contribution in [0.2, 0.25) is 0 Å². The van der Waals surface area contributed by atoms with E-state index in [1.54, 1.807) is 14.2 Å². The van der Waals surface area contributed by atoms with Gasteiger partial charge in [-0.05, 0) is 17.7 Å². The minimum atomic E-state index is 0.0406. The molecule has 0 aliphatic heterocycles.